The molecule has 0 spiro atoms. The van der Waals surface area contributed by atoms with E-state index in [0.29, 0.717) is 5.92 Å². The van der Waals surface area contributed by atoms with Gasteiger partial charge in [0.1, 0.15) is 11.6 Å². The zero-order chi connectivity index (χ0) is 10.7. The van der Waals surface area contributed by atoms with Gasteiger partial charge >= 0.3 is 0 Å². The molecule has 82 valence electrons. The second kappa shape index (κ2) is 4.57. The van der Waals surface area contributed by atoms with E-state index < -0.39 is 0 Å². The fraction of sp³-hybridized carbons (Fsp3) is 0.545. The molecule has 1 aliphatic heterocycles. The first-order chi connectivity index (χ1) is 7.25. The third-order valence-corrected chi connectivity index (χ3v) is 2.80. The summed E-state index contributed by atoms with van der Waals surface area (Å²) >= 11 is 0. The van der Waals surface area contributed by atoms with Crippen molar-refractivity contribution < 1.29 is 4.39 Å². The number of nitrogens with one attached hydrogen (secondary N) is 1. The number of hydrogen-bond acceptors (Lipinski definition) is 3. The van der Waals surface area contributed by atoms with E-state index in [1.54, 1.807) is 6.07 Å². The summed E-state index contributed by atoms with van der Waals surface area (Å²) < 4.78 is 12.7. The van der Waals surface area contributed by atoms with Crippen LogP contribution in [0.5, 0.6) is 0 Å². The number of nitrogens with zero attached hydrogens (tertiary/aromatic N) is 2. The molecule has 1 N–H and O–H groups in total. The van der Waals surface area contributed by atoms with Crippen LogP contribution in [0.3, 0.4) is 0 Å². The molecule has 1 fully saturated rings. The van der Waals surface area contributed by atoms with Gasteiger partial charge in [0.2, 0.25) is 0 Å². The predicted octanol–water partition coefficient (Wildman–Crippen LogP) is 1.27. The molecule has 1 unspecified atom stereocenters. The number of hydrogen-bond donors (Lipinski definition) is 1. The summed E-state index contributed by atoms with van der Waals surface area (Å²) in [6.45, 7) is 3.16. The molecule has 1 aromatic rings. The van der Waals surface area contributed by atoms with Crippen LogP contribution in [0.25, 0.3) is 0 Å². The molecule has 0 aromatic carbocycles. The summed E-state index contributed by atoms with van der Waals surface area (Å²) in [5, 5.41) is 3.33. The monoisotopic (exact) mass is 209 g/mol. The van der Waals surface area contributed by atoms with Gasteiger partial charge in [-0.15, -0.1) is 0 Å². The van der Waals surface area contributed by atoms with E-state index in [1.807, 2.05) is 7.05 Å². The van der Waals surface area contributed by atoms with Crippen LogP contribution in [-0.2, 0) is 0 Å². The van der Waals surface area contributed by atoms with Crippen molar-refractivity contribution in [2.24, 2.45) is 5.92 Å². The molecule has 1 aliphatic rings. The molecule has 1 atom stereocenters. The Balaban J connectivity index is 1.94. The maximum absolute atomic E-state index is 12.7. The third kappa shape index (κ3) is 2.65. The second-order valence-corrected chi connectivity index (χ2v) is 4.07. The molecule has 3 nitrogen and oxygen atoms in total. The normalized spacial score (nSPS) is 20.5. The topological polar surface area (TPSA) is 28.2 Å². The lowest BCUT2D eigenvalue weighted by atomic mass is 10.1. The second-order valence-electron chi connectivity index (χ2n) is 4.07. The SMILES string of the molecule is CN(CC1CCNC1)c1ccc(F)cn1. The van der Waals surface area contributed by atoms with Gasteiger partial charge < -0.3 is 10.2 Å². The van der Waals surface area contributed by atoms with Crippen LogP contribution < -0.4 is 10.2 Å². The highest BCUT2D eigenvalue weighted by Gasteiger charge is 2.16. The van der Waals surface area contributed by atoms with Crippen LogP contribution >= 0.6 is 0 Å². The van der Waals surface area contributed by atoms with E-state index in [9.17, 15) is 4.39 Å². The minimum Gasteiger partial charge on any atom is -0.359 e. The van der Waals surface area contributed by atoms with E-state index in [2.05, 4.69) is 15.2 Å². The molecule has 0 aliphatic carbocycles. The number of halogens is 1. The molecular weight excluding hydrogens is 193 g/mol. The molecule has 2 heterocycles. The molecule has 1 saturated heterocycles. The zero-order valence-corrected chi connectivity index (χ0v) is 8.91. The van der Waals surface area contributed by atoms with E-state index in [0.717, 1.165) is 25.5 Å². The Kier molecular flexibility index (Phi) is 3.16. The van der Waals surface area contributed by atoms with Crippen molar-refractivity contribution in [3.8, 4) is 0 Å². The number of pyridine rings is 1. The molecule has 0 saturated carbocycles. The van der Waals surface area contributed by atoms with Gasteiger partial charge in [0.15, 0.2) is 0 Å². The lowest BCUT2D eigenvalue weighted by Crippen LogP contribution is -2.27. The van der Waals surface area contributed by atoms with Gasteiger partial charge in [-0.3, -0.25) is 0 Å². The first-order valence-electron chi connectivity index (χ1n) is 5.29. The molecule has 1 aromatic heterocycles. The van der Waals surface area contributed by atoms with Gasteiger partial charge in [0, 0.05) is 13.6 Å². The maximum atomic E-state index is 12.7. The van der Waals surface area contributed by atoms with Gasteiger partial charge in [-0.25, -0.2) is 9.37 Å². The number of rotatable bonds is 3. The van der Waals surface area contributed by atoms with Crippen LogP contribution in [0.15, 0.2) is 18.3 Å². The lowest BCUT2D eigenvalue weighted by molar-refractivity contribution is 0.574. The zero-order valence-electron chi connectivity index (χ0n) is 8.91. The highest BCUT2D eigenvalue weighted by molar-refractivity contribution is 5.36. The number of anilines is 1. The molecule has 4 heteroatoms. The first-order valence-corrected chi connectivity index (χ1v) is 5.29. The largest absolute Gasteiger partial charge is 0.359 e. The smallest absolute Gasteiger partial charge is 0.141 e. The highest BCUT2D eigenvalue weighted by Crippen LogP contribution is 2.14. The first kappa shape index (κ1) is 10.4. The van der Waals surface area contributed by atoms with Crippen molar-refractivity contribution in [1.29, 1.82) is 0 Å². The molecule has 0 amide bonds. The summed E-state index contributed by atoms with van der Waals surface area (Å²) in [7, 11) is 2.00. The Labute approximate surface area is 89.3 Å². The Morgan fingerprint density at radius 2 is 2.47 bits per heavy atom. The van der Waals surface area contributed by atoms with E-state index >= 15 is 0 Å². The van der Waals surface area contributed by atoms with Crippen LogP contribution in [-0.4, -0.2) is 31.7 Å². The average molecular weight is 209 g/mol. The van der Waals surface area contributed by atoms with Crippen LogP contribution in [0.4, 0.5) is 10.2 Å². The van der Waals surface area contributed by atoms with E-state index in [-0.39, 0.29) is 5.82 Å². The predicted molar refractivity (Wildman–Crippen MR) is 58.4 cm³/mol. The van der Waals surface area contributed by atoms with E-state index in [4.69, 9.17) is 0 Å². The Hall–Kier alpha value is -1.16. The maximum Gasteiger partial charge on any atom is 0.141 e. The van der Waals surface area contributed by atoms with Crippen molar-refractivity contribution in [3.05, 3.63) is 24.1 Å². The number of aromatic nitrogens is 1. The minimum atomic E-state index is -0.283. The molecule has 15 heavy (non-hydrogen) atoms. The Bertz CT molecular complexity index is 306. The van der Waals surface area contributed by atoms with Gasteiger partial charge in [-0.05, 0) is 37.6 Å². The van der Waals surface area contributed by atoms with Crippen molar-refractivity contribution in [2.75, 3.05) is 31.6 Å². The van der Waals surface area contributed by atoms with E-state index in [1.165, 1.54) is 18.7 Å². The Morgan fingerprint density at radius 3 is 3.07 bits per heavy atom. The summed E-state index contributed by atoms with van der Waals surface area (Å²) in [6, 6.07) is 3.17. The fourth-order valence-corrected chi connectivity index (χ4v) is 1.94. The lowest BCUT2D eigenvalue weighted by Gasteiger charge is -2.21. The summed E-state index contributed by atoms with van der Waals surface area (Å²) in [6.07, 6.45) is 2.48. The standard InChI is InChI=1S/C11H16FN3/c1-15(8-9-4-5-13-6-9)11-3-2-10(12)7-14-11/h2-3,7,9,13H,4-6,8H2,1H3. The van der Waals surface area contributed by atoms with Crippen molar-refractivity contribution in [1.82, 2.24) is 10.3 Å². The van der Waals surface area contributed by atoms with Crippen LogP contribution in [0.1, 0.15) is 6.42 Å². The molecule has 2 rings (SSSR count). The average Bonchev–Trinajstić information content (AvgIpc) is 2.71. The highest BCUT2D eigenvalue weighted by atomic mass is 19.1. The minimum absolute atomic E-state index is 0.283. The summed E-state index contributed by atoms with van der Waals surface area (Å²) in [5.41, 5.74) is 0. The third-order valence-electron chi connectivity index (χ3n) is 2.80. The molecule has 0 radical (unpaired) electrons. The van der Waals surface area contributed by atoms with Gasteiger partial charge in [-0.2, -0.15) is 0 Å². The Morgan fingerprint density at radius 1 is 1.60 bits per heavy atom. The van der Waals surface area contributed by atoms with Crippen LogP contribution in [0.2, 0.25) is 0 Å². The van der Waals surface area contributed by atoms with Gasteiger partial charge in [-0.1, -0.05) is 0 Å². The quantitative estimate of drug-likeness (QED) is 0.812. The fourth-order valence-electron chi connectivity index (χ4n) is 1.94. The van der Waals surface area contributed by atoms with Gasteiger partial charge in [0.05, 0.1) is 6.20 Å². The summed E-state index contributed by atoms with van der Waals surface area (Å²) in [5.74, 6) is 1.24. The summed E-state index contributed by atoms with van der Waals surface area (Å²) in [4.78, 5) is 6.13. The molecular formula is C11H16FN3. The molecule has 0 bridgehead atoms. The van der Waals surface area contributed by atoms with Crippen LogP contribution in [0, 0.1) is 11.7 Å². The van der Waals surface area contributed by atoms with Crippen molar-refractivity contribution >= 4 is 5.82 Å². The van der Waals surface area contributed by atoms with Crippen molar-refractivity contribution in [2.45, 2.75) is 6.42 Å². The van der Waals surface area contributed by atoms with Gasteiger partial charge in [0.25, 0.3) is 0 Å². The van der Waals surface area contributed by atoms with Crippen molar-refractivity contribution in [3.63, 3.8) is 0 Å².